The Hall–Kier alpha value is -3.09. The van der Waals surface area contributed by atoms with Crippen LogP contribution in [-0.4, -0.2) is 48.9 Å². The molecule has 0 bridgehead atoms. The summed E-state index contributed by atoms with van der Waals surface area (Å²) in [4.78, 5) is 41.3. The fraction of sp³-hybridized carbons (Fsp3) is 0.316. The van der Waals surface area contributed by atoms with Crippen LogP contribution in [0.1, 0.15) is 43.8 Å². The molecular weight excluding hydrogens is 336 g/mol. The SMILES string of the molecule is COC(=O)c1c(C)[nH]c(C(=O)OC(C(=O)N(C)C)c2ccccc2)c1C. The first-order valence-electron chi connectivity index (χ1n) is 8.02. The highest BCUT2D eigenvalue weighted by atomic mass is 16.5. The van der Waals surface area contributed by atoms with Gasteiger partial charge < -0.3 is 19.4 Å². The second-order valence-corrected chi connectivity index (χ2v) is 6.05. The first-order valence-corrected chi connectivity index (χ1v) is 8.02. The summed E-state index contributed by atoms with van der Waals surface area (Å²) in [6, 6.07) is 8.76. The maximum atomic E-state index is 12.7. The molecular formula is C19H22N2O5. The Morgan fingerprint density at radius 3 is 2.19 bits per heavy atom. The van der Waals surface area contributed by atoms with Gasteiger partial charge in [0.25, 0.3) is 5.91 Å². The number of nitrogens with one attached hydrogen (secondary N) is 1. The predicted octanol–water partition coefficient (Wildman–Crippen LogP) is 2.40. The predicted molar refractivity (Wildman–Crippen MR) is 94.9 cm³/mol. The minimum Gasteiger partial charge on any atom is -0.465 e. The Morgan fingerprint density at radius 2 is 1.65 bits per heavy atom. The highest BCUT2D eigenvalue weighted by Crippen LogP contribution is 2.24. The van der Waals surface area contributed by atoms with E-state index < -0.39 is 18.0 Å². The number of esters is 2. The van der Waals surface area contributed by atoms with Crippen LogP contribution in [0.4, 0.5) is 0 Å². The molecule has 1 N–H and O–H groups in total. The van der Waals surface area contributed by atoms with E-state index >= 15 is 0 Å². The van der Waals surface area contributed by atoms with E-state index in [9.17, 15) is 14.4 Å². The van der Waals surface area contributed by atoms with Crippen molar-refractivity contribution in [1.82, 2.24) is 9.88 Å². The molecule has 0 aliphatic rings. The topological polar surface area (TPSA) is 88.7 Å². The zero-order chi connectivity index (χ0) is 19.4. The molecule has 0 saturated heterocycles. The molecule has 1 amide bonds. The van der Waals surface area contributed by atoms with Gasteiger partial charge in [-0.25, -0.2) is 9.59 Å². The zero-order valence-electron chi connectivity index (χ0n) is 15.5. The smallest absolute Gasteiger partial charge is 0.356 e. The average Bonchev–Trinajstić information content (AvgIpc) is 2.93. The molecule has 0 spiro atoms. The van der Waals surface area contributed by atoms with E-state index in [4.69, 9.17) is 9.47 Å². The molecule has 2 rings (SSSR count). The van der Waals surface area contributed by atoms with Crippen LogP contribution in [0.2, 0.25) is 0 Å². The van der Waals surface area contributed by atoms with Crippen molar-refractivity contribution in [2.45, 2.75) is 20.0 Å². The number of hydrogen-bond acceptors (Lipinski definition) is 5. The number of likely N-dealkylation sites (N-methyl/N-ethyl adjacent to an activating group) is 1. The minimum atomic E-state index is -1.08. The third-order valence-electron chi connectivity index (χ3n) is 4.02. The third-order valence-corrected chi connectivity index (χ3v) is 4.02. The number of aryl methyl sites for hydroxylation is 1. The minimum absolute atomic E-state index is 0.121. The fourth-order valence-corrected chi connectivity index (χ4v) is 2.65. The first kappa shape index (κ1) is 19.2. The van der Waals surface area contributed by atoms with Crippen molar-refractivity contribution in [3.8, 4) is 0 Å². The number of carbonyl (C=O) groups excluding carboxylic acids is 3. The van der Waals surface area contributed by atoms with Gasteiger partial charge in [0.1, 0.15) is 5.69 Å². The van der Waals surface area contributed by atoms with Crippen molar-refractivity contribution in [2.75, 3.05) is 21.2 Å². The summed E-state index contributed by atoms with van der Waals surface area (Å²) < 4.78 is 10.2. The lowest BCUT2D eigenvalue weighted by molar-refractivity contribution is -0.138. The lowest BCUT2D eigenvalue weighted by Gasteiger charge is -2.21. The number of carbonyl (C=O) groups is 3. The quantitative estimate of drug-likeness (QED) is 0.829. The zero-order valence-corrected chi connectivity index (χ0v) is 15.5. The van der Waals surface area contributed by atoms with Crippen LogP contribution in [-0.2, 0) is 14.3 Å². The van der Waals surface area contributed by atoms with E-state index in [1.807, 2.05) is 6.07 Å². The normalized spacial score (nSPS) is 11.6. The molecule has 7 heteroatoms. The van der Waals surface area contributed by atoms with Crippen LogP contribution in [0.5, 0.6) is 0 Å². The first-order chi connectivity index (χ1) is 12.3. The van der Waals surface area contributed by atoms with Gasteiger partial charge in [0, 0.05) is 25.4 Å². The standard InChI is InChI=1S/C19H22N2O5/c1-11-14(18(23)25-5)12(2)20-15(11)19(24)26-16(17(22)21(3)4)13-9-7-6-8-10-13/h6-10,16,20H,1-5H3. The molecule has 138 valence electrons. The van der Waals surface area contributed by atoms with Gasteiger partial charge >= 0.3 is 11.9 Å². The Balaban J connectivity index is 2.37. The monoisotopic (exact) mass is 358 g/mol. The number of H-pyrrole nitrogens is 1. The van der Waals surface area contributed by atoms with Gasteiger partial charge in [0.2, 0.25) is 6.10 Å². The Labute approximate surface area is 151 Å². The molecule has 1 unspecified atom stereocenters. The lowest BCUT2D eigenvalue weighted by Crippen LogP contribution is -2.31. The van der Waals surface area contributed by atoms with Gasteiger partial charge in [-0.1, -0.05) is 30.3 Å². The van der Waals surface area contributed by atoms with Crippen LogP contribution in [0, 0.1) is 13.8 Å². The molecule has 26 heavy (non-hydrogen) atoms. The fourth-order valence-electron chi connectivity index (χ4n) is 2.65. The van der Waals surface area contributed by atoms with E-state index in [2.05, 4.69) is 4.98 Å². The number of aromatic nitrogens is 1. The summed E-state index contributed by atoms with van der Waals surface area (Å²) in [5.41, 5.74) is 1.89. The van der Waals surface area contributed by atoms with Crippen molar-refractivity contribution in [3.63, 3.8) is 0 Å². The number of methoxy groups -OCH3 is 1. The van der Waals surface area contributed by atoms with Crippen molar-refractivity contribution in [2.24, 2.45) is 0 Å². The highest BCUT2D eigenvalue weighted by Gasteiger charge is 2.30. The number of hydrogen-bond donors (Lipinski definition) is 1. The second kappa shape index (κ2) is 7.86. The second-order valence-electron chi connectivity index (χ2n) is 6.05. The van der Waals surface area contributed by atoms with Gasteiger partial charge in [0.05, 0.1) is 12.7 Å². The van der Waals surface area contributed by atoms with E-state index in [0.29, 0.717) is 16.8 Å². The van der Waals surface area contributed by atoms with Crippen LogP contribution in [0.3, 0.4) is 0 Å². The number of nitrogens with zero attached hydrogens (tertiary/aromatic N) is 1. The molecule has 0 aliphatic carbocycles. The highest BCUT2D eigenvalue weighted by molar-refractivity contribution is 5.99. The number of rotatable bonds is 5. The van der Waals surface area contributed by atoms with Crippen molar-refractivity contribution in [1.29, 1.82) is 0 Å². The maximum absolute atomic E-state index is 12.7. The molecule has 0 saturated carbocycles. The summed E-state index contributed by atoms with van der Waals surface area (Å²) in [6.45, 7) is 3.29. The third kappa shape index (κ3) is 3.77. The molecule has 0 radical (unpaired) electrons. The summed E-state index contributed by atoms with van der Waals surface area (Å²) >= 11 is 0. The Morgan fingerprint density at radius 1 is 1.04 bits per heavy atom. The number of ether oxygens (including phenoxy) is 2. The number of amides is 1. The molecule has 7 nitrogen and oxygen atoms in total. The summed E-state index contributed by atoms with van der Waals surface area (Å²) in [6.07, 6.45) is -1.08. The molecule has 0 aliphatic heterocycles. The Bertz CT molecular complexity index is 824. The number of aromatic amines is 1. The van der Waals surface area contributed by atoms with Crippen molar-refractivity contribution in [3.05, 3.63) is 58.4 Å². The molecule has 1 aromatic carbocycles. The number of benzene rings is 1. The molecule has 1 heterocycles. The van der Waals surface area contributed by atoms with E-state index in [1.165, 1.54) is 12.0 Å². The van der Waals surface area contributed by atoms with E-state index in [-0.39, 0.29) is 17.2 Å². The van der Waals surface area contributed by atoms with Crippen molar-refractivity contribution < 1.29 is 23.9 Å². The molecule has 1 aromatic heterocycles. The van der Waals surface area contributed by atoms with E-state index in [1.54, 1.807) is 52.2 Å². The summed E-state index contributed by atoms with van der Waals surface area (Å²) in [7, 11) is 4.45. The molecule has 0 fully saturated rings. The largest absolute Gasteiger partial charge is 0.465 e. The maximum Gasteiger partial charge on any atom is 0.356 e. The van der Waals surface area contributed by atoms with Gasteiger partial charge in [-0.3, -0.25) is 4.79 Å². The van der Waals surface area contributed by atoms with Gasteiger partial charge in [-0.15, -0.1) is 0 Å². The summed E-state index contributed by atoms with van der Waals surface area (Å²) in [5, 5.41) is 0. The van der Waals surface area contributed by atoms with Crippen LogP contribution in [0.15, 0.2) is 30.3 Å². The van der Waals surface area contributed by atoms with Crippen LogP contribution >= 0.6 is 0 Å². The van der Waals surface area contributed by atoms with Gasteiger partial charge in [-0.2, -0.15) is 0 Å². The van der Waals surface area contributed by atoms with E-state index in [0.717, 1.165) is 0 Å². The lowest BCUT2D eigenvalue weighted by atomic mass is 10.1. The average molecular weight is 358 g/mol. The van der Waals surface area contributed by atoms with Crippen LogP contribution in [0.25, 0.3) is 0 Å². The molecule has 2 aromatic rings. The van der Waals surface area contributed by atoms with Crippen molar-refractivity contribution >= 4 is 17.8 Å². The molecule has 1 atom stereocenters. The van der Waals surface area contributed by atoms with Crippen LogP contribution < -0.4 is 0 Å². The van der Waals surface area contributed by atoms with Gasteiger partial charge in [0.15, 0.2) is 0 Å². The van der Waals surface area contributed by atoms with Gasteiger partial charge in [-0.05, 0) is 19.4 Å². The Kier molecular flexibility index (Phi) is 5.82. The summed E-state index contributed by atoms with van der Waals surface area (Å²) in [5.74, 6) is -1.62.